The summed E-state index contributed by atoms with van der Waals surface area (Å²) in [6, 6.07) is 0. The smallest absolute Gasteiger partial charge is 0.256 e. The van der Waals surface area contributed by atoms with Gasteiger partial charge in [-0.1, -0.05) is 37.8 Å². The van der Waals surface area contributed by atoms with Crippen LogP contribution in [-0.4, -0.2) is 59.0 Å². The summed E-state index contributed by atoms with van der Waals surface area (Å²) in [7, 11) is 1.77. The largest absolute Gasteiger partial charge is 0.379 e. The summed E-state index contributed by atoms with van der Waals surface area (Å²) in [6.07, 6.45) is 6.69. The third-order valence-electron chi connectivity index (χ3n) is 5.66. The molecule has 1 aromatic heterocycles. The van der Waals surface area contributed by atoms with Gasteiger partial charge in [-0.3, -0.25) is 14.4 Å². The average Bonchev–Trinajstić information content (AvgIpc) is 2.95. The topological polar surface area (TPSA) is 59.4 Å². The molecular weight excluding hydrogens is 340 g/mol. The SMILES string of the molecule is CCc1nn(C)c(Cl)c1C(=O)NCC1(N2CCOCC2)CCCCC1. The molecule has 1 aliphatic heterocycles. The standard InChI is InChI=1S/C18H29ClN4O2/c1-3-14-15(16(19)22(2)21-14)17(24)20-13-18(7-5-4-6-8-18)23-9-11-25-12-10-23/h3-13H2,1-2H3,(H,20,24). The summed E-state index contributed by atoms with van der Waals surface area (Å²) in [5.74, 6) is -0.104. The van der Waals surface area contributed by atoms with Crippen LogP contribution in [0.4, 0.5) is 0 Å². The van der Waals surface area contributed by atoms with E-state index in [1.807, 2.05) is 6.92 Å². The van der Waals surface area contributed by atoms with Crippen LogP contribution < -0.4 is 5.32 Å². The number of aromatic nitrogens is 2. The number of rotatable bonds is 5. The van der Waals surface area contributed by atoms with Crippen LogP contribution in [0.5, 0.6) is 0 Å². The van der Waals surface area contributed by atoms with Gasteiger partial charge >= 0.3 is 0 Å². The fraction of sp³-hybridized carbons (Fsp3) is 0.778. The lowest BCUT2D eigenvalue weighted by molar-refractivity contribution is -0.0361. The highest BCUT2D eigenvalue weighted by Crippen LogP contribution is 2.34. The molecule has 7 heteroatoms. The summed E-state index contributed by atoms with van der Waals surface area (Å²) >= 11 is 6.31. The number of carbonyl (C=O) groups is 1. The van der Waals surface area contributed by atoms with E-state index in [1.165, 1.54) is 19.3 Å². The van der Waals surface area contributed by atoms with Gasteiger partial charge in [-0.05, 0) is 19.3 Å². The van der Waals surface area contributed by atoms with Gasteiger partial charge in [0, 0.05) is 32.2 Å². The lowest BCUT2D eigenvalue weighted by atomic mass is 9.79. The Morgan fingerprint density at radius 3 is 2.60 bits per heavy atom. The molecule has 3 rings (SSSR count). The summed E-state index contributed by atoms with van der Waals surface area (Å²) in [4.78, 5) is 15.4. The van der Waals surface area contributed by atoms with Crippen molar-refractivity contribution >= 4 is 17.5 Å². The Labute approximate surface area is 154 Å². The van der Waals surface area contributed by atoms with Crippen molar-refractivity contribution in [1.82, 2.24) is 20.0 Å². The van der Waals surface area contributed by atoms with Crippen molar-refractivity contribution in [2.45, 2.75) is 51.0 Å². The van der Waals surface area contributed by atoms with E-state index >= 15 is 0 Å². The van der Waals surface area contributed by atoms with E-state index in [-0.39, 0.29) is 11.4 Å². The highest BCUT2D eigenvalue weighted by atomic mass is 35.5. The first-order valence-corrected chi connectivity index (χ1v) is 9.77. The van der Waals surface area contributed by atoms with Gasteiger partial charge in [0.2, 0.25) is 0 Å². The highest BCUT2D eigenvalue weighted by Gasteiger charge is 2.39. The Hall–Kier alpha value is -1.11. The minimum atomic E-state index is -0.104. The van der Waals surface area contributed by atoms with Crippen LogP contribution >= 0.6 is 11.6 Å². The van der Waals surface area contributed by atoms with Crippen molar-refractivity contribution in [3.05, 3.63) is 16.4 Å². The summed E-state index contributed by atoms with van der Waals surface area (Å²) in [6.45, 7) is 6.12. The molecule has 1 amide bonds. The number of nitrogens with zero attached hydrogens (tertiary/aromatic N) is 3. The average molecular weight is 369 g/mol. The quantitative estimate of drug-likeness (QED) is 0.867. The lowest BCUT2D eigenvalue weighted by Gasteiger charge is -2.48. The first-order chi connectivity index (χ1) is 12.1. The molecule has 6 nitrogen and oxygen atoms in total. The van der Waals surface area contributed by atoms with Gasteiger partial charge in [-0.15, -0.1) is 0 Å². The number of hydrogen-bond donors (Lipinski definition) is 1. The second kappa shape index (κ2) is 8.06. The molecule has 25 heavy (non-hydrogen) atoms. The van der Waals surface area contributed by atoms with Gasteiger partial charge in [-0.2, -0.15) is 5.10 Å². The monoisotopic (exact) mass is 368 g/mol. The van der Waals surface area contributed by atoms with E-state index in [4.69, 9.17) is 16.3 Å². The minimum absolute atomic E-state index is 0.0543. The van der Waals surface area contributed by atoms with Crippen LogP contribution in [0.1, 0.15) is 55.1 Å². The number of nitrogens with one attached hydrogen (secondary N) is 1. The van der Waals surface area contributed by atoms with Gasteiger partial charge in [0.25, 0.3) is 5.91 Å². The molecule has 0 radical (unpaired) electrons. The normalized spacial score (nSPS) is 21.2. The van der Waals surface area contributed by atoms with Crippen LogP contribution in [0.3, 0.4) is 0 Å². The van der Waals surface area contributed by atoms with E-state index in [0.29, 0.717) is 23.7 Å². The van der Waals surface area contributed by atoms with Gasteiger partial charge in [-0.25, -0.2) is 0 Å². The maximum atomic E-state index is 12.8. The Kier molecular flexibility index (Phi) is 6.02. The minimum Gasteiger partial charge on any atom is -0.379 e. The second-order valence-corrected chi connectivity index (χ2v) is 7.51. The molecule has 1 aliphatic carbocycles. The van der Waals surface area contributed by atoms with E-state index in [1.54, 1.807) is 11.7 Å². The molecule has 2 aliphatic rings. The maximum Gasteiger partial charge on any atom is 0.256 e. The number of carbonyl (C=O) groups excluding carboxylic acids is 1. The zero-order valence-electron chi connectivity index (χ0n) is 15.3. The Balaban J connectivity index is 1.73. The zero-order valence-corrected chi connectivity index (χ0v) is 16.1. The maximum absolute atomic E-state index is 12.8. The van der Waals surface area contributed by atoms with Gasteiger partial charge in [0.15, 0.2) is 0 Å². The summed E-state index contributed by atoms with van der Waals surface area (Å²) < 4.78 is 7.10. The van der Waals surface area contributed by atoms with Crippen LogP contribution in [0.2, 0.25) is 5.15 Å². The van der Waals surface area contributed by atoms with E-state index in [2.05, 4.69) is 15.3 Å². The molecule has 1 saturated heterocycles. The van der Waals surface area contributed by atoms with E-state index in [0.717, 1.165) is 44.8 Å². The predicted octanol–water partition coefficient (Wildman–Crippen LogP) is 2.40. The fourth-order valence-corrected chi connectivity index (χ4v) is 4.45. The van der Waals surface area contributed by atoms with Crippen molar-refractivity contribution < 1.29 is 9.53 Å². The van der Waals surface area contributed by atoms with Crippen LogP contribution in [0.15, 0.2) is 0 Å². The first-order valence-electron chi connectivity index (χ1n) is 9.40. The fourth-order valence-electron chi connectivity index (χ4n) is 4.21. The first kappa shape index (κ1) is 18.7. The van der Waals surface area contributed by atoms with E-state index in [9.17, 15) is 4.79 Å². The molecule has 0 aromatic carbocycles. The molecular formula is C18H29ClN4O2. The Morgan fingerprint density at radius 1 is 1.28 bits per heavy atom. The molecule has 2 heterocycles. The molecule has 1 aromatic rings. The molecule has 1 N–H and O–H groups in total. The molecule has 1 saturated carbocycles. The number of amides is 1. The Bertz CT molecular complexity index is 604. The van der Waals surface area contributed by atoms with Crippen LogP contribution in [0, 0.1) is 0 Å². The van der Waals surface area contributed by atoms with Crippen LogP contribution in [0.25, 0.3) is 0 Å². The number of hydrogen-bond acceptors (Lipinski definition) is 4. The summed E-state index contributed by atoms with van der Waals surface area (Å²) in [5, 5.41) is 7.94. The number of morpholine rings is 1. The number of ether oxygens (including phenoxy) is 1. The molecule has 140 valence electrons. The van der Waals surface area contributed by atoms with Gasteiger partial charge in [0.05, 0.1) is 24.5 Å². The molecule has 2 fully saturated rings. The highest BCUT2D eigenvalue weighted by molar-refractivity contribution is 6.33. The third-order valence-corrected chi connectivity index (χ3v) is 6.09. The van der Waals surface area contributed by atoms with E-state index < -0.39 is 0 Å². The van der Waals surface area contributed by atoms with Crippen molar-refractivity contribution in [3.8, 4) is 0 Å². The van der Waals surface area contributed by atoms with Gasteiger partial charge < -0.3 is 10.1 Å². The molecule has 0 unspecified atom stereocenters. The van der Waals surface area contributed by atoms with Crippen molar-refractivity contribution in [1.29, 1.82) is 0 Å². The predicted molar refractivity (Wildman–Crippen MR) is 98.1 cm³/mol. The third kappa shape index (κ3) is 3.86. The second-order valence-electron chi connectivity index (χ2n) is 7.16. The van der Waals surface area contributed by atoms with Gasteiger partial charge in [0.1, 0.15) is 5.15 Å². The summed E-state index contributed by atoms with van der Waals surface area (Å²) in [5.41, 5.74) is 1.34. The lowest BCUT2D eigenvalue weighted by Crippen LogP contribution is -2.59. The number of aryl methyl sites for hydroxylation is 2. The van der Waals surface area contributed by atoms with Crippen molar-refractivity contribution in [2.24, 2.45) is 7.05 Å². The number of halogens is 1. The van der Waals surface area contributed by atoms with Crippen molar-refractivity contribution in [3.63, 3.8) is 0 Å². The molecule has 0 atom stereocenters. The Morgan fingerprint density at radius 2 is 1.96 bits per heavy atom. The van der Waals surface area contributed by atoms with Crippen molar-refractivity contribution in [2.75, 3.05) is 32.8 Å². The molecule has 0 spiro atoms. The zero-order chi connectivity index (χ0) is 17.9. The molecule has 0 bridgehead atoms. The van der Waals surface area contributed by atoms with Crippen LogP contribution in [-0.2, 0) is 18.2 Å².